The Bertz CT molecular complexity index is 1170. The molecule has 232 valence electrons. The van der Waals surface area contributed by atoms with Crippen LogP contribution in [-0.2, 0) is 23.6 Å². The van der Waals surface area contributed by atoms with Crippen LogP contribution >= 0.6 is 0 Å². The van der Waals surface area contributed by atoms with E-state index in [0.29, 0.717) is 38.3 Å². The van der Waals surface area contributed by atoms with Gasteiger partial charge in [-0.3, -0.25) is 14.7 Å². The van der Waals surface area contributed by atoms with Crippen molar-refractivity contribution in [2.75, 3.05) is 39.8 Å². The van der Waals surface area contributed by atoms with Gasteiger partial charge < -0.3 is 15.1 Å². The summed E-state index contributed by atoms with van der Waals surface area (Å²) in [6.07, 6.45) is -10.0. The number of carbonyl (C=O) groups excluding carboxylic acids is 1. The molecule has 0 spiro atoms. The first-order chi connectivity index (χ1) is 19.6. The highest BCUT2D eigenvalue weighted by Crippen LogP contribution is 2.36. The van der Waals surface area contributed by atoms with Crippen LogP contribution in [0.5, 0.6) is 0 Å². The number of likely N-dealkylation sites (N-methyl/N-ethyl adjacent to an activating group) is 1. The van der Waals surface area contributed by atoms with E-state index in [9.17, 15) is 31.1 Å². The largest absolute Gasteiger partial charge is 0.416 e. The molecule has 1 amide bonds. The molecular formula is C30H39F6N5O. The summed E-state index contributed by atoms with van der Waals surface area (Å²) in [6, 6.07) is 10.3. The van der Waals surface area contributed by atoms with Gasteiger partial charge in [0.2, 0.25) is 5.91 Å². The number of guanidine groups is 1. The van der Waals surface area contributed by atoms with Crippen LogP contribution in [0.2, 0.25) is 0 Å². The smallest absolute Gasteiger partial charge is 0.354 e. The number of carbonyl (C=O) groups is 1. The number of nitrogens with zero attached hydrogens (tertiary/aromatic N) is 4. The second-order valence-electron chi connectivity index (χ2n) is 11.1. The zero-order valence-electron chi connectivity index (χ0n) is 24.6. The summed E-state index contributed by atoms with van der Waals surface area (Å²) in [4.78, 5) is 24.1. The molecule has 1 aliphatic rings. The number of aliphatic imine (C=N–C) groups is 1. The van der Waals surface area contributed by atoms with Crippen LogP contribution in [0.4, 0.5) is 26.3 Å². The number of benzene rings is 2. The minimum atomic E-state index is -4.93. The van der Waals surface area contributed by atoms with Gasteiger partial charge in [0.25, 0.3) is 0 Å². The topological polar surface area (TPSA) is 51.2 Å². The number of nitrogens with one attached hydrogen (secondary N) is 1. The molecule has 1 heterocycles. The van der Waals surface area contributed by atoms with Crippen LogP contribution in [0.25, 0.3) is 0 Å². The monoisotopic (exact) mass is 599 g/mol. The van der Waals surface area contributed by atoms with Crippen molar-refractivity contribution in [3.8, 4) is 0 Å². The van der Waals surface area contributed by atoms with Gasteiger partial charge >= 0.3 is 12.4 Å². The van der Waals surface area contributed by atoms with E-state index in [-0.39, 0.29) is 42.6 Å². The average molecular weight is 600 g/mol. The van der Waals surface area contributed by atoms with Crippen LogP contribution in [0.3, 0.4) is 0 Å². The van der Waals surface area contributed by atoms with Crippen molar-refractivity contribution in [3.05, 3.63) is 70.8 Å². The summed E-state index contributed by atoms with van der Waals surface area (Å²) in [6.45, 7) is 10.4. The van der Waals surface area contributed by atoms with Gasteiger partial charge in [0.1, 0.15) is 6.04 Å². The molecule has 1 aliphatic heterocycles. The summed E-state index contributed by atoms with van der Waals surface area (Å²) in [5, 5.41) is 3.40. The maximum Gasteiger partial charge on any atom is 0.416 e. The molecule has 3 rings (SSSR count). The molecule has 1 fully saturated rings. The molecule has 2 aromatic carbocycles. The Morgan fingerprint density at radius 3 is 1.93 bits per heavy atom. The molecule has 1 atom stereocenters. The molecule has 1 N–H and O–H groups in total. The SMILES string of the molecule is CC(C)N=C(NC(C)C)N1CCN([C@H](C(=O)N(C)CCc2cc(C(F)(F)F)cc(C(F)(F)F)c2)c2ccccc2)CC1. The fourth-order valence-corrected chi connectivity index (χ4v) is 4.83. The maximum atomic E-state index is 13.8. The van der Waals surface area contributed by atoms with Crippen molar-refractivity contribution in [2.45, 2.75) is 64.6 Å². The summed E-state index contributed by atoms with van der Waals surface area (Å²) >= 11 is 0. The lowest BCUT2D eigenvalue weighted by atomic mass is 10.0. The number of hydrogen-bond donors (Lipinski definition) is 1. The highest BCUT2D eigenvalue weighted by Gasteiger charge is 2.37. The van der Waals surface area contributed by atoms with E-state index in [1.165, 1.54) is 11.9 Å². The fourth-order valence-electron chi connectivity index (χ4n) is 4.83. The molecular weight excluding hydrogens is 560 g/mol. The lowest BCUT2D eigenvalue weighted by Gasteiger charge is -2.41. The Labute approximate surface area is 243 Å². The van der Waals surface area contributed by atoms with Crippen molar-refractivity contribution in [1.82, 2.24) is 20.0 Å². The zero-order chi connectivity index (χ0) is 31.2. The van der Waals surface area contributed by atoms with Crippen LogP contribution < -0.4 is 5.32 Å². The highest BCUT2D eigenvalue weighted by atomic mass is 19.4. The van der Waals surface area contributed by atoms with E-state index in [1.54, 1.807) is 0 Å². The number of halogens is 6. The van der Waals surface area contributed by atoms with Crippen molar-refractivity contribution in [3.63, 3.8) is 0 Å². The molecule has 2 aromatic rings. The molecule has 42 heavy (non-hydrogen) atoms. The zero-order valence-corrected chi connectivity index (χ0v) is 24.6. The van der Waals surface area contributed by atoms with E-state index < -0.39 is 29.5 Å². The van der Waals surface area contributed by atoms with Gasteiger partial charge in [-0.2, -0.15) is 26.3 Å². The molecule has 12 heteroatoms. The quantitative estimate of drug-likeness (QED) is 0.235. The number of hydrogen-bond acceptors (Lipinski definition) is 3. The van der Waals surface area contributed by atoms with Gasteiger partial charge in [-0.25, -0.2) is 0 Å². The maximum absolute atomic E-state index is 13.8. The molecule has 0 bridgehead atoms. The summed E-state index contributed by atoms with van der Waals surface area (Å²) in [5.74, 6) is 0.521. The van der Waals surface area contributed by atoms with Crippen LogP contribution in [0.1, 0.15) is 56.0 Å². The predicted octanol–water partition coefficient (Wildman–Crippen LogP) is 5.85. The first-order valence-corrected chi connectivity index (χ1v) is 14.0. The van der Waals surface area contributed by atoms with Gasteiger partial charge in [-0.1, -0.05) is 30.3 Å². The second kappa shape index (κ2) is 13.8. The predicted molar refractivity (Wildman–Crippen MR) is 151 cm³/mol. The lowest BCUT2D eigenvalue weighted by Crippen LogP contribution is -2.56. The number of rotatable bonds is 8. The molecule has 0 unspecified atom stereocenters. The van der Waals surface area contributed by atoms with Crippen molar-refractivity contribution < 1.29 is 31.1 Å². The normalized spacial score (nSPS) is 16.2. The van der Waals surface area contributed by atoms with Gasteiger partial charge in [0, 0.05) is 51.9 Å². The van der Waals surface area contributed by atoms with Crippen molar-refractivity contribution in [2.24, 2.45) is 4.99 Å². The van der Waals surface area contributed by atoms with Gasteiger partial charge in [0.05, 0.1) is 11.1 Å². The Balaban J connectivity index is 1.78. The van der Waals surface area contributed by atoms with E-state index in [1.807, 2.05) is 58.0 Å². The third-order valence-electron chi connectivity index (χ3n) is 6.89. The van der Waals surface area contributed by atoms with Crippen LogP contribution in [0.15, 0.2) is 53.5 Å². The van der Waals surface area contributed by atoms with E-state index in [2.05, 4.69) is 15.1 Å². The summed E-state index contributed by atoms with van der Waals surface area (Å²) in [5.41, 5.74) is -2.11. The molecule has 0 aromatic heterocycles. The molecule has 1 saturated heterocycles. The number of amides is 1. The van der Waals surface area contributed by atoms with Crippen molar-refractivity contribution >= 4 is 11.9 Å². The third-order valence-corrected chi connectivity index (χ3v) is 6.89. The minimum absolute atomic E-state index is 0.0513. The van der Waals surface area contributed by atoms with Crippen LogP contribution in [0, 0.1) is 0 Å². The van der Waals surface area contributed by atoms with E-state index in [0.717, 1.165) is 11.5 Å². The first-order valence-electron chi connectivity index (χ1n) is 14.0. The Hall–Kier alpha value is -3.28. The molecule has 0 radical (unpaired) electrons. The van der Waals surface area contributed by atoms with Crippen LogP contribution in [-0.4, -0.2) is 78.4 Å². The minimum Gasteiger partial charge on any atom is -0.354 e. The average Bonchev–Trinajstić information content (AvgIpc) is 2.91. The molecule has 0 saturated carbocycles. The lowest BCUT2D eigenvalue weighted by molar-refractivity contribution is -0.143. The first kappa shape index (κ1) is 33.2. The number of piperazine rings is 1. The Kier molecular flexibility index (Phi) is 10.9. The number of alkyl halides is 6. The molecule has 6 nitrogen and oxygen atoms in total. The molecule has 0 aliphatic carbocycles. The van der Waals surface area contributed by atoms with Crippen molar-refractivity contribution in [1.29, 1.82) is 0 Å². The summed E-state index contributed by atoms with van der Waals surface area (Å²) < 4.78 is 79.9. The Morgan fingerprint density at radius 2 is 1.45 bits per heavy atom. The highest BCUT2D eigenvalue weighted by molar-refractivity contribution is 5.83. The fraction of sp³-hybridized carbons (Fsp3) is 0.533. The van der Waals surface area contributed by atoms with Gasteiger partial charge in [0.15, 0.2) is 5.96 Å². The van der Waals surface area contributed by atoms with Gasteiger partial charge in [-0.15, -0.1) is 0 Å². The van der Waals surface area contributed by atoms with E-state index in [4.69, 9.17) is 4.99 Å². The van der Waals surface area contributed by atoms with Gasteiger partial charge in [-0.05, 0) is 63.4 Å². The third kappa shape index (κ3) is 9.11. The Morgan fingerprint density at radius 1 is 0.905 bits per heavy atom. The second-order valence-corrected chi connectivity index (χ2v) is 11.1. The van der Waals surface area contributed by atoms with E-state index >= 15 is 0 Å². The standard InChI is InChI=1S/C30H39F6N5O/c1-20(2)37-28(38-21(3)4)41-15-13-40(14-16-41)26(23-9-7-6-8-10-23)27(42)39(5)12-11-22-17-24(29(31,32)33)19-25(18-22)30(34,35)36/h6-10,17-21,26H,11-16H2,1-5H3,(H,37,38)/t26-/m0/s1. The summed E-state index contributed by atoms with van der Waals surface area (Å²) in [7, 11) is 1.52.